The summed E-state index contributed by atoms with van der Waals surface area (Å²) < 4.78 is 6.49. The number of para-hydroxylation sites is 2. The molecule has 1 heterocycles. The summed E-state index contributed by atoms with van der Waals surface area (Å²) in [5, 5.41) is 9.86. The van der Waals surface area contributed by atoms with Gasteiger partial charge in [-0.15, -0.1) is 0 Å². The first-order valence-electron chi connectivity index (χ1n) is 20.3. The van der Waals surface area contributed by atoms with Crippen LogP contribution in [0.4, 0.5) is 0 Å². The molecular weight excluding hydrogens is 701 g/mol. The Morgan fingerprint density at radius 3 is 1.59 bits per heavy atom. The van der Waals surface area contributed by atoms with Crippen LogP contribution in [-0.4, -0.2) is 0 Å². The van der Waals surface area contributed by atoms with E-state index in [2.05, 4.69) is 202 Å². The van der Waals surface area contributed by atoms with Crippen LogP contribution in [0.15, 0.2) is 199 Å². The van der Waals surface area contributed by atoms with Gasteiger partial charge in [0.1, 0.15) is 11.2 Å². The van der Waals surface area contributed by atoms with Crippen LogP contribution in [0.25, 0.3) is 110 Å². The van der Waals surface area contributed by atoms with Gasteiger partial charge in [-0.3, -0.25) is 0 Å². The molecule has 1 nitrogen and oxygen atoms in total. The highest BCUT2D eigenvalue weighted by Gasteiger charge is 2.37. The molecule has 1 aromatic heterocycles. The Hall–Kier alpha value is -7.22. The Balaban J connectivity index is 0.995. The Bertz CT molecular complexity index is 3410. The lowest BCUT2D eigenvalue weighted by Gasteiger charge is -2.25. The molecule has 12 rings (SSSR count). The standard InChI is InChI=1S/C57H38O/c1-57(2)51-34-38-15-4-3-14-37(38)33-50(51)48-25-12-23-41(55(48)57)35-28-30-36(31-29-35)53-44-19-5-7-21-46(44)54(47-22-8-6-20-45(47)53)40-17-11-16-39(32-40)42-24-13-26-49-43-18-9-10-27-52(43)58-56(42)49/h3-34H,1-2H3. The van der Waals surface area contributed by atoms with Crippen molar-refractivity contribution in [1.29, 1.82) is 0 Å². The van der Waals surface area contributed by atoms with Gasteiger partial charge < -0.3 is 4.42 Å². The molecular formula is C57H38O. The number of hydrogen-bond acceptors (Lipinski definition) is 1. The van der Waals surface area contributed by atoms with Crippen LogP contribution < -0.4 is 0 Å². The second-order valence-corrected chi connectivity index (χ2v) is 16.4. The molecule has 0 radical (unpaired) electrons. The fourth-order valence-electron chi connectivity index (χ4n) is 10.2. The van der Waals surface area contributed by atoms with Gasteiger partial charge >= 0.3 is 0 Å². The van der Waals surface area contributed by atoms with Crippen molar-refractivity contribution in [1.82, 2.24) is 0 Å². The van der Waals surface area contributed by atoms with Gasteiger partial charge in [0.15, 0.2) is 0 Å². The van der Waals surface area contributed by atoms with Crippen LogP contribution in [0.1, 0.15) is 25.0 Å². The maximum atomic E-state index is 6.49. The van der Waals surface area contributed by atoms with Crippen LogP contribution in [0.5, 0.6) is 0 Å². The second-order valence-electron chi connectivity index (χ2n) is 16.4. The highest BCUT2D eigenvalue weighted by atomic mass is 16.3. The number of benzene rings is 10. The zero-order valence-corrected chi connectivity index (χ0v) is 32.4. The SMILES string of the molecule is CC1(C)c2cc3ccccc3cc2-c2cccc(-c3ccc(-c4c5ccccc5c(-c5cccc(-c6cccc7c6oc6ccccc67)c5)c5ccccc45)cc3)c21. The van der Waals surface area contributed by atoms with E-state index in [9.17, 15) is 0 Å². The van der Waals surface area contributed by atoms with Gasteiger partial charge in [-0.1, -0.05) is 184 Å². The predicted octanol–water partition coefficient (Wildman–Crippen LogP) is 16.0. The van der Waals surface area contributed by atoms with Crippen molar-refractivity contribution in [3.8, 4) is 55.6 Å². The molecule has 10 aromatic carbocycles. The van der Waals surface area contributed by atoms with Gasteiger partial charge in [-0.05, 0) is 118 Å². The fourth-order valence-corrected chi connectivity index (χ4v) is 10.2. The number of furan rings is 1. The van der Waals surface area contributed by atoms with Crippen molar-refractivity contribution in [3.63, 3.8) is 0 Å². The summed E-state index contributed by atoms with van der Waals surface area (Å²) in [5.41, 5.74) is 16.9. The molecule has 0 saturated carbocycles. The third-order valence-electron chi connectivity index (χ3n) is 12.8. The maximum absolute atomic E-state index is 6.49. The molecule has 1 aliphatic carbocycles. The second kappa shape index (κ2) is 12.4. The van der Waals surface area contributed by atoms with Gasteiger partial charge in [0.2, 0.25) is 0 Å². The Morgan fingerprint density at radius 2 is 0.862 bits per heavy atom. The van der Waals surface area contributed by atoms with Gasteiger partial charge in [0.05, 0.1) is 0 Å². The molecule has 1 aliphatic rings. The summed E-state index contributed by atoms with van der Waals surface area (Å²) in [7, 11) is 0. The lowest BCUT2D eigenvalue weighted by atomic mass is 9.78. The minimum Gasteiger partial charge on any atom is -0.455 e. The van der Waals surface area contributed by atoms with E-state index in [1.807, 2.05) is 6.07 Å². The molecule has 0 fully saturated rings. The molecule has 0 aliphatic heterocycles. The molecule has 0 amide bonds. The van der Waals surface area contributed by atoms with Crippen LogP contribution in [0, 0.1) is 0 Å². The van der Waals surface area contributed by atoms with E-state index in [4.69, 9.17) is 4.42 Å². The van der Waals surface area contributed by atoms with E-state index in [1.54, 1.807) is 0 Å². The molecule has 0 saturated heterocycles. The third kappa shape index (κ3) is 4.77. The molecule has 0 atom stereocenters. The van der Waals surface area contributed by atoms with Gasteiger partial charge in [0, 0.05) is 21.8 Å². The largest absolute Gasteiger partial charge is 0.455 e. The average molecular weight is 739 g/mol. The fraction of sp³-hybridized carbons (Fsp3) is 0.0526. The number of rotatable bonds is 4. The van der Waals surface area contributed by atoms with E-state index >= 15 is 0 Å². The zero-order chi connectivity index (χ0) is 38.5. The van der Waals surface area contributed by atoms with Gasteiger partial charge in [-0.25, -0.2) is 0 Å². The average Bonchev–Trinajstić information content (AvgIpc) is 3.76. The van der Waals surface area contributed by atoms with Crippen molar-refractivity contribution in [2.75, 3.05) is 0 Å². The predicted molar refractivity (Wildman–Crippen MR) is 246 cm³/mol. The number of hydrogen-bond donors (Lipinski definition) is 0. The number of fused-ring (bicyclic) bond motifs is 9. The van der Waals surface area contributed by atoms with Crippen LogP contribution in [-0.2, 0) is 5.41 Å². The molecule has 0 spiro atoms. The minimum atomic E-state index is -0.123. The lowest BCUT2D eigenvalue weighted by Crippen LogP contribution is -2.16. The van der Waals surface area contributed by atoms with E-state index in [0.717, 1.165) is 33.1 Å². The minimum absolute atomic E-state index is 0.123. The van der Waals surface area contributed by atoms with Crippen LogP contribution >= 0.6 is 0 Å². The Kier molecular flexibility index (Phi) is 7.04. The maximum Gasteiger partial charge on any atom is 0.143 e. The highest BCUT2D eigenvalue weighted by Crippen LogP contribution is 2.53. The monoisotopic (exact) mass is 738 g/mol. The molecule has 1 heteroatoms. The van der Waals surface area contributed by atoms with Crippen molar-refractivity contribution >= 4 is 54.3 Å². The quantitative estimate of drug-likeness (QED) is 0.164. The molecule has 272 valence electrons. The highest BCUT2D eigenvalue weighted by molar-refractivity contribution is 6.21. The molecule has 0 N–H and O–H groups in total. The Morgan fingerprint density at radius 1 is 0.345 bits per heavy atom. The first kappa shape index (κ1) is 33.0. The molecule has 11 aromatic rings. The lowest BCUT2D eigenvalue weighted by molar-refractivity contribution is 0.663. The molecule has 0 unspecified atom stereocenters. The van der Waals surface area contributed by atoms with E-state index in [0.29, 0.717) is 0 Å². The van der Waals surface area contributed by atoms with Crippen molar-refractivity contribution in [2.24, 2.45) is 0 Å². The van der Waals surface area contributed by atoms with Crippen LogP contribution in [0.2, 0.25) is 0 Å². The van der Waals surface area contributed by atoms with Crippen LogP contribution in [0.3, 0.4) is 0 Å². The third-order valence-corrected chi connectivity index (χ3v) is 12.8. The Labute approximate surface area is 337 Å². The van der Waals surface area contributed by atoms with Crippen molar-refractivity contribution in [3.05, 3.63) is 205 Å². The topological polar surface area (TPSA) is 13.1 Å². The van der Waals surface area contributed by atoms with Gasteiger partial charge in [0.25, 0.3) is 0 Å². The van der Waals surface area contributed by atoms with Crippen molar-refractivity contribution in [2.45, 2.75) is 19.3 Å². The summed E-state index contributed by atoms with van der Waals surface area (Å²) in [5.74, 6) is 0. The van der Waals surface area contributed by atoms with E-state index < -0.39 is 0 Å². The first-order chi connectivity index (χ1) is 28.5. The van der Waals surface area contributed by atoms with E-state index in [-0.39, 0.29) is 5.41 Å². The molecule has 58 heavy (non-hydrogen) atoms. The summed E-state index contributed by atoms with van der Waals surface area (Å²) in [6.07, 6.45) is 0. The van der Waals surface area contributed by atoms with Crippen molar-refractivity contribution < 1.29 is 4.42 Å². The normalized spacial score (nSPS) is 13.1. The van der Waals surface area contributed by atoms with E-state index in [1.165, 1.54) is 88.0 Å². The summed E-state index contributed by atoms with van der Waals surface area (Å²) >= 11 is 0. The zero-order valence-electron chi connectivity index (χ0n) is 32.4. The summed E-state index contributed by atoms with van der Waals surface area (Å²) in [4.78, 5) is 0. The summed E-state index contributed by atoms with van der Waals surface area (Å²) in [6, 6.07) is 71.4. The first-order valence-corrected chi connectivity index (χ1v) is 20.3. The molecule has 0 bridgehead atoms. The van der Waals surface area contributed by atoms with Gasteiger partial charge in [-0.2, -0.15) is 0 Å². The summed E-state index contributed by atoms with van der Waals surface area (Å²) in [6.45, 7) is 4.78. The smallest absolute Gasteiger partial charge is 0.143 e.